The van der Waals surface area contributed by atoms with Gasteiger partial charge in [-0.05, 0) is 18.4 Å². The Bertz CT molecular complexity index is 177. The second kappa shape index (κ2) is 7.17. The minimum absolute atomic E-state index is 0.718. The maximum atomic E-state index is 5.89. The van der Waals surface area contributed by atoms with Crippen LogP contribution in [0.3, 0.4) is 0 Å². The van der Waals surface area contributed by atoms with E-state index < -0.39 is 0 Å². The standard InChI is InChI=1S/C11H17Cl/c1-4-6-7-11(12)9-8-10(3)5-2/h4,6-7,9-10H,1,5,8H2,2-3H3/b7-6-,11-9+. The Morgan fingerprint density at radius 2 is 2.25 bits per heavy atom. The van der Waals surface area contributed by atoms with Gasteiger partial charge < -0.3 is 0 Å². The predicted octanol–water partition coefficient (Wildman–Crippen LogP) is 4.29. The summed E-state index contributed by atoms with van der Waals surface area (Å²) in [5.41, 5.74) is 0. The minimum Gasteiger partial charge on any atom is -0.0991 e. The topological polar surface area (TPSA) is 0 Å². The summed E-state index contributed by atoms with van der Waals surface area (Å²) in [5.74, 6) is 0.718. The van der Waals surface area contributed by atoms with Crippen LogP contribution >= 0.6 is 11.6 Å². The molecule has 0 rings (SSSR count). The summed E-state index contributed by atoms with van der Waals surface area (Å²) in [7, 11) is 0. The van der Waals surface area contributed by atoms with Crippen molar-refractivity contribution in [2.75, 3.05) is 0 Å². The highest BCUT2D eigenvalue weighted by Gasteiger charge is 1.94. The normalized spacial score (nSPS) is 15.1. The van der Waals surface area contributed by atoms with Gasteiger partial charge in [-0.25, -0.2) is 0 Å². The molecule has 0 amide bonds. The van der Waals surface area contributed by atoms with Crippen molar-refractivity contribution in [1.82, 2.24) is 0 Å². The fourth-order valence-electron chi connectivity index (χ4n) is 0.708. The molecule has 0 aliphatic rings. The van der Waals surface area contributed by atoms with Crippen molar-refractivity contribution in [1.29, 1.82) is 0 Å². The Labute approximate surface area is 80.6 Å². The second-order valence-corrected chi connectivity index (χ2v) is 3.37. The predicted molar refractivity (Wildman–Crippen MR) is 57.3 cm³/mol. The first kappa shape index (κ1) is 11.5. The van der Waals surface area contributed by atoms with Gasteiger partial charge in [0.2, 0.25) is 0 Å². The number of halogens is 1. The van der Waals surface area contributed by atoms with Gasteiger partial charge in [0.15, 0.2) is 0 Å². The van der Waals surface area contributed by atoms with Crippen LogP contribution in [-0.4, -0.2) is 0 Å². The Morgan fingerprint density at radius 3 is 2.75 bits per heavy atom. The van der Waals surface area contributed by atoms with Crippen LogP contribution in [0.25, 0.3) is 0 Å². The minimum atomic E-state index is 0.718. The van der Waals surface area contributed by atoms with Crippen LogP contribution in [0.15, 0.2) is 35.9 Å². The third kappa shape index (κ3) is 6.23. The van der Waals surface area contributed by atoms with Crippen LogP contribution in [-0.2, 0) is 0 Å². The van der Waals surface area contributed by atoms with Gasteiger partial charge in [0, 0.05) is 5.03 Å². The van der Waals surface area contributed by atoms with E-state index in [1.807, 2.05) is 12.2 Å². The van der Waals surface area contributed by atoms with Crippen molar-refractivity contribution in [2.24, 2.45) is 5.92 Å². The van der Waals surface area contributed by atoms with Gasteiger partial charge in [-0.1, -0.05) is 56.7 Å². The Kier molecular flexibility index (Phi) is 6.88. The van der Waals surface area contributed by atoms with Crippen molar-refractivity contribution in [3.63, 3.8) is 0 Å². The van der Waals surface area contributed by atoms with E-state index in [1.165, 1.54) is 6.42 Å². The van der Waals surface area contributed by atoms with E-state index in [-0.39, 0.29) is 0 Å². The van der Waals surface area contributed by atoms with E-state index in [9.17, 15) is 0 Å². The van der Waals surface area contributed by atoms with Gasteiger partial charge >= 0.3 is 0 Å². The molecule has 0 fully saturated rings. The Balaban J connectivity index is 3.83. The molecule has 12 heavy (non-hydrogen) atoms. The van der Waals surface area contributed by atoms with Gasteiger partial charge in [0.25, 0.3) is 0 Å². The lowest BCUT2D eigenvalue weighted by molar-refractivity contribution is 0.571. The highest BCUT2D eigenvalue weighted by molar-refractivity contribution is 6.31. The van der Waals surface area contributed by atoms with Gasteiger partial charge in [-0.15, -0.1) is 0 Å². The largest absolute Gasteiger partial charge is 0.0991 e. The molecule has 0 aromatic heterocycles. The molecule has 68 valence electrons. The summed E-state index contributed by atoms with van der Waals surface area (Å²) in [5, 5.41) is 0.801. The zero-order chi connectivity index (χ0) is 9.40. The molecule has 0 aliphatic carbocycles. The summed E-state index contributed by atoms with van der Waals surface area (Å²) in [4.78, 5) is 0. The van der Waals surface area contributed by atoms with E-state index in [0.717, 1.165) is 17.4 Å². The van der Waals surface area contributed by atoms with Gasteiger partial charge in [-0.3, -0.25) is 0 Å². The van der Waals surface area contributed by atoms with E-state index in [2.05, 4.69) is 26.5 Å². The maximum absolute atomic E-state index is 5.89. The van der Waals surface area contributed by atoms with Gasteiger partial charge in [0.05, 0.1) is 0 Å². The van der Waals surface area contributed by atoms with E-state index in [0.29, 0.717) is 0 Å². The zero-order valence-electron chi connectivity index (χ0n) is 7.89. The molecule has 0 aromatic carbocycles. The number of hydrogen-bond donors (Lipinski definition) is 0. The average Bonchev–Trinajstić information content (AvgIpc) is 2.10. The molecule has 0 saturated heterocycles. The van der Waals surface area contributed by atoms with E-state index >= 15 is 0 Å². The SMILES string of the molecule is C=C/C=C\C(Cl)=C/CC(C)CC. The van der Waals surface area contributed by atoms with Crippen molar-refractivity contribution in [3.8, 4) is 0 Å². The molecule has 0 aromatic rings. The third-order valence-electron chi connectivity index (χ3n) is 1.80. The summed E-state index contributed by atoms with van der Waals surface area (Å²) in [6, 6.07) is 0. The zero-order valence-corrected chi connectivity index (χ0v) is 8.64. The van der Waals surface area contributed by atoms with Crippen LogP contribution in [0.1, 0.15) is 26.7 Å². The highest BCUT2D eigenvalue weighted by Crippen LogP contribution is 2.12. The molecular formula is C11H17Cl. The third-order valence-corrected chi connectivity index (χ3v) is 2.08. The fourth-order valence-corrected chi connectivity index (χ4v) is 0.870. The lowest BCUT2D eigenvalue weighted by Gasteiger charge is -2.02. The van der Waals surface area contributed by atoms with E-state index in [1.54, 1.807) is 6.08 Å². The lowest BCUT2D eigenvalue weighted by atomic mass is 10.1. The molecule has 0 bridgehead atoms. The molecule has 1 unspecified atom stereocenters. The second-order valence-electron chi connectivity index (χ2n) is 2.93. The van der Waals surface area contributed by atoms with Gasteiger partial charge in [0.1, 0.15) is 0 Å². The summed E-state index contributed by atoms with van der Waals surface area (Å²) in [6.45, 7) is 7.98. The van der Waals surface area contributed by atoms with Crippen LogP contribution in [0.5, 0.6) is 0 Å². The molecule has 0 aliphatic heterocycles. The first-order valence-corrected chi connectivity index (χ1v) is 4.73. The van der Waals surface area contributed by atoms with E-state index in [4.69, 9.17) is 11.6 Å². The first-order chi connectivity index (χ1) is 5.70. The highest BCUT2D eigenvalue weighted by atomic mass is 35.5. The molecule has 0 spiro atoms. The molecule has 0 nitrogen and oxygen atoms in total. The summed E-state index contributed by atoms with van der Waals surface area (Å²) in [6.07, 6.45) is 9.73. The molecule has 0 heterocycles. The Morgan fingerprint density at radius 1 is 1.58 bits per heavy atom. The van der Waals surface area contributed by atoms with Crippen LogP contribution in [0.2, 0.25) is 0 Å². The van der Waals surface area contributed by atoms with Crippen molar-refractivity contribution in [2.45, 2.75) is 26.7 Å². The summed E-state index contributed by atoms with van der Waals surface area (Å²) < 4.78 is 0. The van der Waals surface area contributed by atoms with Gasteiger partial charge in [-0.2, -0.15) is 0 Å². The smallest absolute Gasteiger partial charge is 0.0366 e. The summed E-state index contributed by atoms with van der Waals surface area (Å²) >= 11 is 5.89. The quantitative estimate of drug-likeness (QED) is 0.560. The number of rotatable bonds is 5. The lowest BCUT2D eigenvalue weighted by Crippen LogP contribution is -1.88. The van der Waals surface area contributed by atoms with Crippen molar-refractivity contribution >= 4 is 11.6 Å². The molecular weight excluding hydrogens is 168 g/mol. The monoisotopic (exact) mass is 184 g/mol. The van der Waals surface area contributed by atoms with Crippen molar-refractivity contribution in [3.05, 3.63) is 35.9 Å². The average molecular weight is 185 g/mol. The van der Waals surface area contributed by atoms with Crippen molar-refractivity contribution < 1.29 is 0 Å². The molecule has 0 radical (unpaired) electrons. The number of allylic oxidation sites excluding steroid dienone is 5. The number of hydrogen-bond acceptors (Lipinski definition) is 0. The molecule has 1 heteroatoms. The fraction of sp³-hybridized carbons (Fsp3) is 0.455. The maximum Gasteiger partial charge on any atom is 0.0366 e. The van der Waals surface area contributed by atoms with Crippen LogP contribution < -0.4 is 0 Å². The Hall–Kier alpha value is -0.490. The molecule has 0 N–H and O–H groups in total. The first-order valence-electron chi connectivity index (χ1n) is 4.35. The van der Waals surface area contributed by atoms with Crippen LogP contribution in [0, 0.1) is 5.92 Å². The van der Waals surface area contributed by atoms with Crippen LogP contribution in [0.4, 0.5) is 0 Å². The molecule has 1 atom stereocenters. The molecule has 0 saturated carbocycles.